The van der Waals surface area contributed by atoms with Gasteiger partial charge in [-0.15, -0.1) is 5.10 Å². The van der Waals surface area contributed by atoms with E-state index in [0.29, 0.717) is 22.8 Å². The number of nitrogens with zero attached hydrogens (tertiary/aromatic N) is 4. The lowest BCUT2D eigenvalue weighted by atomic mass is 9.81. The Kier molecular flexibility index (Phi) is 2.88. The van der Waals surface area contributed by atoms with Crippen LogP contribution < -0.4 is 15.6 Å². The number of fused-ring (bicyclic) bond motifs is 2. The van der Waals surface area contributed by atoms with Gasteiger partial charge in [0, 0.05) is 12.0 Å². The zero-order chi connectivity index (χ0) is 17.3. The Morgan fingerprint density at radius 3 is 2.80 bits per heavy atom. The summed E-state index contributed by atoms with van der Waals surface area (Å²) in [7, 11) is 1.48. The predicted octanol–water partition coefficient (Wildman–Crippen LogP) is 0.692. The molecular formula is C17H21N5O3. The number of carbonyl (C=O) groups is 1. The normalized spacial score (nSPS) is 29.8. The maximum atomic E-state index is 12.7. The van der Waals surface area contributed by atoms with Crippen molar-refractivity contribution in [2.75, 3.05) is 7.11 Å². The van der Waals surface area contributed by atoms with Gasteiger partial charge in [-0.3, -0.25) is 9.59 Å². The van der Waals surface area contributed by atoms with E-state index in [1.54, 1.807) is 6.07 Å². The number of carbonyl (C=O) groups excluding carboxylic acids is 1. The van der Waals surface area contributed by atoms with Gasteiger partial charge in [-0.25, -0.2) is 4.68 Å². The van der Waals surface area contributed by atoms with Crippen LogP contribution in [0.1, 0.15) is 44.2 Å². The van der Waals surface area contributed by atoms with E-state index in [2.05, 4.69) is 22.4 Å². The highest BCUT2D eigenvalue weighted by molar-refractivity contribution is 5.76. The molecule has 3 saturated carbocycles. The van der Waals surface area contributed by atoms with Crippen molar-refractivity contribution in [2.45, 2.75) is 51.1 Å². The maximum Gasteiger partial charge on any atom is 0.335 e. The van der Waals surface area contributed by atoms with Crippen LogP contribution in [0.3, 0.4) is 0 Å². The van der Waals surface area contributed by atoms with Gasteiger partial charge in [0.05, 0.1) is 12.8 Å². The minimum atomic E-state index is -0.319. The van der Waals surface area contributed by atoms with Gasteiger partial charge in [-0.2, -0.15) is 9.61 Å². The molecule has 8 heteroatoms. The molecule has 2 heterocycles. The van der Waals surface area contributed by atoms with Crippen molar-refractivity contribution in [1.82, 2.24) is 24.7 Å². The Morgan fingerprint density at radius 1 is 1.40 bits per heavy atom. The molecule has 3 fully saturated rings. The summed E-state index contributed by atoms with van der Waals surface area (Å²) in [5, 5.41) is 11.6. The number of nitrogens with one attached hydrogen (secondary N) is 1. The molecule has 0 radical (unpaired) electrons. The van der Waals surface area contributed by atoms with Crippen molar-refractivity contribution in [2.24, 2.45) is 11.3 Å². The molecule has 3 aliphatic carbocycles. The molecule has 0 spiro atoms. The Balaban J connectivity index is 1.41. The van der Waals surface area contributed by atoms with E-state index in [4.69, 9.17) is 4.74 Å². The summed E-state index contributed by atoms with van der Waals surface area (Å²) in [5.41, 5.74) is 1.42. The molecule has 25 heavy (non-hydrogen) atoms. The van der Waals surface area contributed by atoms with Crippen LogP contribution in [-0.2, 0) is 11.3 Å². The van der Waals surface area contributed by atoms with Gasteiger partial charge in [0.1, 0.15) is 12.1 Å². The fraction of sp³-hybridized carbons (Fsp3) is 0.647. The molecule has 1 amide bonds. The molecule has 2 aromatic rings. The monoisotopic (exact) mass is 343 g/mol. The summed E-state index contributed by atoms with van der Waals surface area (Å²) in [6.07, 6.45) is 4.41. The zero-order valence-electron chi connectivity index (χ0n) is 14.4. The first-order valence-electron chi connectivity index (χ1n) is 8.83. The molecule has 5 rings (SSSR count). The summed E-state index contributed by atoms with van der Waals surface area (Å²) < 4.78 is 7.88. The fourth-order valence-electron chi connectivity index (χ4n) is 4.16. The maximum absolute atomic E-state index is 12.7. The van der Waals surface area contributed by atoms with Crippen molar-refractivity contribution in [3.63, 3.8) is 0 Å². The van der Waals surface area contributed by atoms with E-state index in [1.807, 2.05) is 0 Å². The van der Waals surface area contributed by atoms with E-state index < -0.39 is 0 Å². The minimum Gasteiger partial charge on any atom is -0.466 e. The van der Waals surface area contributed by atoms with E-state index in [1.165, 1.54) is 22.7 Å². The number of hydrogen-bond acceptors (Lipinski definition) is 5. The first-order valence-corrected chi connectivity index (χ1v) is 8.83. The topological polar surface area (TPSA) is 90.5 Å². The Morgan fingerprint density at radius 2 is 2.20 bits per heavy atom. The molecule has 1 N–H and O–H groups in total. The summed E-state index contributed by atoms with van der Waals surface area (Å²) in [5.74, 6) is 0.850. The molecule has 3 atom stereocenters. The summed E-state index contributed by atoms with van der Waals surface area (Å²) >= 11 is 0. The molecule has 0 bridgehead atoms. The predicted molar refractivity (Wildman–Crippen MR) is 88.5 cm³/mol. The second kappa shape index (κ2) is 4.83. The second-order valence-corrected chi connectivity index (χ2v) is 7.93. The molecule has 132 valence electrons. The van der Waals surface area contributed by atoms with E-state index in [9.17, 15) is 9.59 Å². The van der Waals surface area contributed by atoms with E-state index in [0.717, 1.165) is 25.0 Å². The SMILES string of the molecule is COc1nn(CC(=O)N[C@@H]2C[C@]3(C)CC23)c(=O)c2cc(C3CC3)nn12. The van der Waals surface area contributed by atoms with Crippen LogP contribution >= 0.6 is 0 Å². The van der Waals surface area contributed by atoms with Gasteiger partial charge in [0.2, 0.25) is 5.91 Å². The lowest BCUT2D eigenvalue weighted by Crippen LogP contribution is -2.47. The standard InChI is InChI=1S/C17H21N5O3/c1-17-6-10(17)12(7-17)18-14(23)8-21-15(24)13-5-11(9-3-4-9)19-22(13)16(20-21)25-2/h5,9-10,12H,3-4,6-8H2,1-2H3,(H,18,23)/t10?,12-,17+/m1/s1. The van der Waals surface area contributed by atoms with Crippen LogP contribution in [0, 0.1) is 11.3 Å². The van der Waals surface area contributed by atoms with E-state index >= 15 is 0 Å². The zero-order valence-corrected chi connectivity index (χ0v) is 14.4. The highest BCUT2D eigenvalue weighted by Crippen LogP contribution is 2.67. The third-order valence-corrected chi connectivity index (χ3v) is 5.98. The number of methoxy groups -OCH3 is 1. The number of hydrogen-bond donors (Lipinski definition) is 1. The minimum absolute atomic E-state index is 0.102. The third-order valence-electron chi connectivity index (χ3n) is 5.98. The van der Waals surface area contributed by atoms with Crippen molar-refractivity contribution >= 4 is 11.4 Å². The van der Waals surface area contributed by atoms with Gasteiger partial charge < -0.3 is 10.1 Å². The fourth-order valence-corrected chi connectivity index (χ4v) is 4.16. The molecule has 8 nitrogen and oxygen atoms in total. The van der Waals surface area contributed by atoms with Crippen molar-refractivity contribution in [3.8, 4) is 6.01 Å². The Bertz CT molecular complexity index is 944. The summed E-state index contributed by atoms with van der Waals surface area (Å²) in [4.78, 5) is 25.0. The molecule has 0 saturated heterocycles. The van der Waals surface area contributed by atoms with Crippen LogP contribution in [0.2, 0.25) is 0 Å². The lowest BCUT2D eigenvalue weighted by Gasteiger charge is -2.32. The molecule has 2 aromatic heterocycles. The summed E-state index contributed by atoms with van der Waals surface area (Å²) in [6, 6.07) is 2.25. The average molecular weight is 343 g/mol. The van der Waals surface area contributed by atoms with Crippen LogP contribution in [0.25, 0.3) is 5.52 Å². The second-order valence-electron chi connectivity index (χ2n) is 7.93. The van der Waals surface area contributed by atoms with Crippen LogP contribution in [-0.4, -0.2) is 38.5 Å². The highest BCUT2D eigenvalue weighted by Gasteiger charge is 2.64. The molecule has 1 unspecified atom stereocenters. The quantitative estimate of drug-likeness (QED) is 0.863. The molecule has 3 aliphatic rings. The van der Waals surface area contributed by atoms with Gasteiger partial charge in [0.15, 0.2) is 0 Å². The van der Waals surface area contributed by atoms with Gasteiger partial charge in [-0.05, 0) is 43.1 Å². The molecular weight excluding hydrogens is 322 g/mol. The molecule has 0 aromatic carbocycles. The Labute approximate surface area is 144 Å². The van der Waals surface area contributed by atoms with Crippen LogP contribution in [0.5, 0.6) is 6.01 Å². The largest absolute Gasteiger partial charge is 0.466 e. The number of rotatable bonds is 5. The highest BCUT2D eigenvalue weighted by atomic mass is 16.5. The van der Waals surface area contributed by atoms with Crippen molar-refractivity contribution < 1.29 is 9.53 Å². The number of amides is 1. The average Bonchev–Trinajstić information content (AvgIpc) is 3.46. The smallest absolute Gasteiger partial charge is 0.335 e. The van der Waals surface area contributed by atoms with Crippen LogP contribution in [0.15, 0.2) is 10.9 Å². The molecule has 0 aliphatic heterocycles. The van der Waals surface area contributed by atoms with E-state index in [-0.39, 0.29) is 30.1 Å². The number of ether oxygens (including phenoxy) is 1. The van der Waals surface area contributed by atoms with Crippen molar-refractivity contribution in [3.05, 3.63) is 22.1 Å². The van der Waals surface area contributed by atoms with Crippen LogP contribution in [0.4, 0.5) is 0 Å². The number of aromatic nitrogens is 4. The first kappa shape index (κ1) is 14.9. The van der Waals surface area contributed by atoms with Crippen molar-refractivity contribution in [1.29, 1.82) is 0 Å². The first-order chi connectivity index (χ1) is 12.0. The third kappa shape index (κ3) is 2.26. The lowest BCUT2D eigenvalue weighted by molar-refractivity contribution is -0.123. The Hall–Kier alpha value is -2.38. The van der Waals surface area contributed by atoms with Gasteiger partial charge in [0.25, 0.3) is 5.56 Å². The van der Waals surface area contributed by atoms with Gasteiger partial charge in [-0.1, -0.05) is 6.92 Å². The summed E-state index contributed by atoms with van der Waals surface area (Å²) in [6.45, 7) is 2.15. The van der Waals surface area contributed by atoms with Gasteiger partial charge >= 0.3 is 6.01 Å².